The van der Waals surface area contributed by atoms with Gasteiger partial charge in [0, 0.05) is 0 Å². The molecule has 0 spiro atoms. The maximum atomic E-state index is 13.1. The van der Waals surface area contributed by atoms with Crippen molar-refractivity contribution < 1.29 is 28.8 Å². The van der Waals surface area contributed by atoms with E-state index in [2.05, 4.69) is 0 Å². The Bertz CT molecular complexity index is 1050. The Morgan fingerprint density at radius 2 is 1.33 bits per heavy atom. The van der Waals surface area contributed by atoms with Crippen LogP contribution in [0, 0.1) is 0 Å². The summed E-state index contributed by atoms with van der Waals surface area (Å²) in [4.78, 5) is 13.1. The highest BCUT2D eigenvalue weighted by Gasteiger charge is 2.49. The molecule has 1 saturated heterocycles. The molecule has 190 valence electrons. The molecular formula is C29H32O6S. The van der Waals surface area contributed by atoms with E-state index in [9.17, 15) is 9.90 Å². The van der Waals surface area contributed by atoms with Crippen LogP contribution in [0.25, 0.3) is 0 Å². The van der Waals surface area contributed by atoms with Crippen LogP contribution >= 0.6 is 11.8 Å². The number of hydrogen-bond donors (Lipinski definition) is 1. The Kier molecular flexibility index (Phi) is 9.95. The lowest BCUT2D eigenvalue weighted by Crippen LogP contribution is -2.60. The number of carbonyl (C=O) groups excluding carboxylic acids is 1. The Balaban J connectivity index is 1.62. The summed E-state index contributed by atoms with van der Waals surface area (Å²) in [6.45, 7) is 2.37. The van der Waals surface area contributed by atoms with Gasteiger partial charge in [0.05, 0.1) is 25.4 Å². The first-order chi connectivity index (χ1) is 17.7. The van der Waals surface area contributed by atoms with E-state index in [-0.39, 0.29) is 6.61 Å². The van der Waals surface area contributed by atoms with Crippen LogP contribution in [0.2, 0.25) is 0 Å². The summed E-state index contributed by atoms with van der Waals surface area (Å²) < 4.78 is 25.0. The van der Waals surface area contributed by atoms with Crippen LogP contribution in [-0.4, -0.2) is 53.3 Å². The van der Waals surface area contributed by atoms with Gasteiger partial charge in [-0.25, -0.2) is 4.79 Å². The molecule has 1 aliphatic heterocycles. The van der Waals surface area contributed by atoms with Crippen molar-refractivity contribution >= 4 is 17.7 Å². The minimum absolute atomic E-state index is 0.245. The molecule has 3 aromatic rings. The highest BCUT2D eigenvalue weighted by Crippen LogP contribution is 2.35. The van der Waals surface area contributed by atoms with Crippen molar-refractivity contribution in [2.75, 3.05) is 12.4 Å². The van der Waals surface area contributed by atoms with Gasteiger partial charge in [-0.05, 0) is 29.0 Å². The van der Waals surface area contributed by atoms with Crippen LogP contribution in [-0.2, 0) is 32.2 Å². The minimum atomic E-state index is -0.741. The van der Waals surface area contributed by atoms with Gasteiger partial charge < -0.3 is 24.1 Å². The average molecular weight is 509 g/mol. The Labute approximate surface area is 216 Å². The first-order valence-electron chi connectivity index (χ1n) is 12.1. The second-order valence-electron chi connectivity index (χ2n) is 8.44. The van der Waals surface area contributed by atoms with Crippen LogP contribution < -0.4 is 0 Å². The summed E-state index contributed by atoms with van der Waals surface area (Å²) in [6.07, 6.45) is -2.68. The maximum absolute atomic E-state index is 13.1. The van der Waals surface area contributed by atoms with Gasteiger partial charge in [-0.2, -0.15) is 0 Å². The van der Waals surface area contributed by atoms with Crippen molar-refractivity contribution in [3.8, 4) is 0 Å². The average Bonchev–Trinajstić information content (AvgIpc) is 2.93. The number of aliphatic hydroxyl groups excluding tert-OH is 1. The van der Waals surface area contributed by atoms with Crippen molar-refractivity contribution in [3.63, 3.8) is 0 Å². The fraction of sp³-hybridized carbons (Fsp3) is 0.345. The molecule has 0 radical (unpaired) electrons. The lowest BCUT2D eigenvalue weighted by Gasteiger charge is -2.45. The molecular weight excluding hydrogens is 476 g/mol. The molecule has 4 rings (SSSR count). The molecule has 1 heterocycles. The first-order valence-corrected chi connectivity index (χ1v) is 13.2. The molecule has 0 amide bonds. The van der Waals surface area contributed by atoms with E-state index in [0.29, 0.717) is 18.8 Å². The normalized spacial score (nSPS) is 23.8. The zero-order valence-electron chi connectivity index (χ0n) is 20.3. The van der Waals surface area contributed by atoms with Crippen molar-refractivity contribution in [1.29, 1.82) is 0 Å². The molecule has 0 unspecified atom stereocenters. The topological polar surface area (TPSA) is 74.2 Å². The van der Waals surface area contributed by atoms with E-state index in [0.717, 1.165) is 16.9 Å². The Morgan fingerprint density at radius 3 is 1.86 bits per heavy atom. The summed E-state index contributed by atoms with van der Waals surface area (Å²) in [5, 5.41) is 10.2. The molecule has 7 heteroatoms. The van der Waals surface area contributed by atoms with Crippen molar-refractivity contribution in [3.05, 3.63) is 108 Å². The van der Waals surface area contributed by atoms with Gasteiger partial charge in [-0.3, -0.25) is 0 Å². The van der Waals surface area contributed by atoms with Gasteiger partial charge in [0.1, 0.15) is 23.7 Å². The summed E-state index contributed by atoms with van der Waals surface area (Å²) in [5.41, 5.74) is 1.90. The predicted octanol–water partition coefficient (Wildman–Crippen LogP) is 4.85. The monoisotopic (exact) mass is 508 g/mol. The zero-order valence-corrected chi connectivity index (χ0v) is 21.1. The van der Waals surface area contributed by atoms with Gasteiger partial charge in [0.15, 0.2) is 6.10 Å². The fourth-order valence-electron chi connectivity index (χ4n) is 4.14. The van der Waals surface area contributed by atoms with Gasteiger partial charge in [0.2, 0.25) is 0 Å². The number of rotatable bonds is 11. The molecule has 0 aliphatic carbocycles. The van der Waals surface area contributed by atoms with Crippen LogP contribution in [0.4, 0.5) is 0 Å². The van der Waals surface area contributed by atoms with Crippen LogP contribution in [0.15, 0.2) is 91.0 Å². The zero-order chi connectivity index (χ0) is 25.2. The number of ether oxygens (including phenoxy) is 4. The van der Waals surface area contributed by atoms with E-state index >= 15 is 0 Å². The lowest BCUT2D eigenvalue weighted by molar-refractivity contribution is -0.239. The van der Waals surface area contributed by atoms with Gasteiger partial charge >= 0.3 is 5.97 Å². The third-order valence-electron chi connectivity index (χ3n) is 5.93. The molecule has 0 bridgehead atoms. The molecule has 6 nitrogen and oxygen atoms in total. The van der Waals surface area contributed by atoms with E-state index in [1.807, 2.05) is 73.7 Å². The fourth-order valence-corrected chi connectivity index (χ4v) is 5.09. The highest BCUT2D eigenvalue weighted by molar-refractivity contribution is 7.99. The largest absolute Gasteiger partial charge is 0.452 e. The van der Waals surface area contributed by atoms with E-state index in [1.54, 1.807) is 24.3 Å². The Hall–Kier alpha value is -2.68. The highest BCUT2D eigenvalue weighted by atomic mass is 32.2. The summed E-state index contributed by atoms with van der Waals surface area (Å²) in [7, 11) is 0. The third kappa shape index (κ3) is 6.96. The number of benzene rings is 3. The summed E-state index contributed by atoms with van der Waals surface area (Å²) >= 11 is 1.51. The molecule has 36 heavy (non-hydrogen) atoms. The standard InChI is InChI=1S/C29H32O6S/c1-2-36-29-27(35-28(31)23-16-10-5-11-17-23)26(33-20-22-14-8-4-9-15-22)25(24(18-30)34-29)32-19-21-12-6-3-7-13-21/h3-17,24-27,29-30H,2,18-20H2,1H3/t24-,25-,26+,27-,29+/m1/s1. The van der Waals surface area contributed by atoms with Crippen LogP contribution in [0.1, 0.15) is 28.4 Å². The van der Waals surface area contributed by atoms with Crippen LogP contribution in [0.3, 0.4) is 0 Å². The number of hydrogen-bond acceptors (Lipinski definition) is 7. The molecule has 1 fully saturated rings. The Morgan fingerprint density at radius 1 is 0.806 bits per heavy atom. The van der Waals surface area contributed by atoms with Crippen molar-refractivity contribution in [2.24, 2.45) is 0 Å². The lowest BCUT2D eigenvalue weighted by atomic mass is 9.99. The number of aliphatic hydroxyl groups is 1. The van der Waals surface area contributed by atoms with Gasteiger partial charge in [-0.1, -0.05) is 85.8 Å². The summed E-state index contributed by atoms with van der Waals surface area (Å²) in [6, 6.07) is 28.5. The first kappa shape index (κ1) is 26.4. The van der Waals surface area contributed by atoms with Gasteiger partial charge in [-0.15, -0.1) is 11.8 Å². The second-order valence-corrected chi connectivity index (χ2v) is 9.81. The molecule has 1 aliphatic rings. The van der Waals surface area contributed by atoms with Crippen LogP contribution in [0.5, 0.6) is 0 Å². The summed E-state index contributed by atoms with van der Waals surface area (Å²) in [5.74, 6) is 0.284. The third-order valence-corrected chi connectivity index (χ3v) is 6.97. The van der Waals surface area contributed by atoms with E-state index < -0.39 is 35.8 Å². The van der Waals surface area contributed by atoms with E-state index in [4.69, 9.17) is 18.9 Å². The van der Waals surface area contributed by atoms with Crippen molar-refractivity contribution in [2.45, 2.75) is 50.0 Å². The van der Waals surface area contributed by atoms with E-state index in [1.165, 1.54) is 11.8 Å². The minimum Gasteiger partial charge on any atom is -0.452 e. The predicted molar refractivity (Wildman–Crippen MR) is 140 cm³/mol. The molecule has 5 atom stereocenters. The molecule has 0 aromatic heterocycles. The quantitative estimate of drug-likeness (QED) is 0.371. The smallest absolute Gasteiger partial charge is 0.338 e. The number of thioether (sulfide) groups is 1. The maximum Gasteiger partial charge on any atom is 0.338 e. The molecule has 3 aromatic carbocycles. The SMILES string of the molecule is CCS[C@@H]1O[C@H](CO)[C@@H](OCc2ccccc2)[C@H](OCc2ccccc2)[C@H]1OC(=O)c1ccccc1. The number of esters is 1. The van der Waals surface area contributed by atoms with Gasteiger partial charge in [0.25, 0.3) is 0 Å². The molecule has 0 saturated carbocycles. The molecule has 1 N–H and O–H groups in total. The van der Waals surface area contributed by atoms with Crippen molar-refractivity contribution in [1.82, 2.24) is 0 Å². The second kappa shape index (κ2) is 13.6. The number of carbonyl (C=O) groups is 1.